The second kappa shape index (κ2) is 10.9. The van der Waals surface area contributed by atoms with Crippen LogP contribution in [0.15, 0.2) is 160 Å². The molecule has 6 heteroatoms. The van der Waals surface area contributed by atoms with Gasteiger partial charge in [0.25, 0.3) is 0 Å². The SMILES string of the molecule is [2H]c1cc2c(oc3c([2H])c([2H])c([2H])c(-c4cccc5c4oc4cccc(-c6nc(-c7c([2H])c([2H])c([2H])c([2H])c7[2H])nc(-c7c([2H])c([2H])c8c(sc9c([2H])c([2H])c([2H])c([2H])c98)c7[2H])n6)c45)c32)c([2H])c1[2H]. The molecule has 11 aromatic rings. The van der Waals surface area contributed by atoms with Crippen LogP contribution >= 0.6 is 11.3 Å². The summed E-state index contributed by atoms with van der Waals surface area (Å²) in [6.45, 7) is 0. The summed E-state index contributed by atoms with van der Waals surface area (Å²) in [5.41, 5.74) is -0.0815. The molecule has 51 heavy (non-hydrogen) atoms. The Morgan fingerprint density at radius 3 is 2.14 bits per heavy atom. The lowest BCUT2D eigenvalue weighted by Gasteiger charge is -2.09. The first-order chi connectivity index (χ1) is 32.7. The van der Waals surface area contributed by atoms with Gasteiger partial charge in [-0.3, -0.25) is 0 Å². The molecule has 0 saturated heterocycles. The summed E-state index contributed by atoms with van der Waals surface area (Å²) in [7, 11) is 0. The van der Waals surface area contributed by atoms with Crippen molar-refractivity contribution >= 4 is 75.4 Å². The molecule has 7 aromatic carbocycles. The van der Waals surface area contributed by atoms with Crippen LogP contribution in [0.4, 0.5) is 0 Å². The summed E-state index contributed by atoms with van der Waals surface area (Å²) in [5, 5.41) is 0.977. The predicted molar refractivity (Wildman–Crippen MR) is 209 cm³/mol. The topological polar surface area (TPSA) is 65.0 Å². The highest BCUT2D eigenvalue weighted by Gasteiger charge is 2.21. The van der Waals surface area contributed by atoms with E-state index >= 15 is 0 Å². The van der Waals surface area contributed by atoms with E-state index in [4.69, 9.17) is 34.4 Å². The van der Waals surface area contributed by atoms with Crippen molar-refractivity contribution in [3.63, 3.8) is 0 Å². The second-order valence-electron chi connectivity index (χ2n) is 11.4. The van der Waals surface area contributed by atoms with E-state index in [0.717, 1.165) is 11.3 Å². The predicted octanol–water partition coefficient (Wildman–Crippen LogP) is 12.7. The Labute approximate surface area is 320 Å². The van der Waals surface area contributed by atoms with Crippen molar-refractivity contribution in [2.45, 2.75) is 0 Å². The molecule has 0 atom stereocenters. The molecular formula is C45H25N3O2S. The van der Waals surface area contributed by atoms with E-state index in [1.807, 2.05) is 0 Å². The summed E-state index contributed by atoms with van der Waals surface area (Å²) in [6, 6.07) is 1.76. The number of furan rings is 2. The zero-order chi connectivity index (χ0) is 49.1. The highest BCUT2D eigenvalue weighted by atomic mass is 32.1. The van der Waals surface area contributed by atoms with Crippen molar-refractivity contribution in [2.24, 2.45) is 0 Å². The molecule has 0 spiro atoms. The maximum Gasteiger partial charge on any atom is 0.164 e. The zero-order valence-corrected chi connectivity index (χ0v) is 26.4. The van der Waals surface area contributed by atoms with E-state index in [2.05, 4.69) is 9.97 Å². The van der Waals surface area contributed by atoms with Crippen LogP contribution in [0.1, 0.15) is 24.7 Å². The van der Waals surface area contributed by atoms with Crippen LogP contribution in [0, 0.1) is 0 Å². The van der Waals surface area contributed by atoms with E-state index in [-0.39, 0.29) is 93.4 Å². The third kappa shape index (κ3) is 4.37. The van der Waals surface area contributed by atoms with Gasteiger partial charge in [0.15, 0.2) is 17.5 Å². The number of hydrogen-bond donors (Lipinski definition) is 0. The van der Waals surface area contributed by atoms with Crippen LogP contribution in [0.2, 0.25) is 0 Å². The summed E-state index contributed by atoms with van der Waals surface area (Å²) in [6.07, 6.45) is 0. The largest absolute Gasteiger partial charge is 0.456 e. The maximum absolute atomic E-state index is 9.46. The molecule has 0 aliphatic heterocycles. The molecule has 0 bridgehead atoms. The van der Waals surface area contributed by atoms with Crippen molar-refractivity contribution in [1.29, 1.82) is 0 Å². The van der Waals surface area contributed by atoms with Gasteiger partial charge in [-0.2, -0.15) is 0 Å². The van der Waals surface area contributed by atoms with Gasteiger partial charge in [-0.05, 0) is 35.8 Å². The minimum Gasteiger partial charge on any atom is -0.456 e. The number of fused-ring (bicyclic) bond motifs is 9. The Morgan fingerprint density at radius 1 is 0.451 bits per heavy atom. The van der Waals surface area contributed by atoms with Gasteiger partial charge >= 0.3 is 0 Å². The number of aromatic nitrogens is 3. The van der Waals surface area contributed by atoms with Crippen molar-refractivity contribution in [3.05, 3.63) is 151 Å². The van der Waals surface area contributed by atoms with Crippen molar-refractivity contribution in [3.8, 4) is 45.3 Å². The fraction of sp³-hybridized carbons (Fsp3) is 0. The third-order valence-corrected chi connectivity index (χ3v) is 9.54. The Morgan fingerprint density at radius 2 is 1.20 bits per heavy atom. The molecule has 0 unspecified atom stereocenters. The maximum atomic E-state index is 9.46. The molecule has 5 nitrogen and oxygen atoms in total. The molecule has 0 N–H and O–H groups in total. The minimum absolute atomic E-state index is 0.0235. The lowest BCUT2D eigenvalue weighted by molar-refractivity contribution is 0.668. The summed E-state index contributed by atoms with van der Waals surface area (Å²) in [5.74, 6) is -1.07. The molecule has 0 saturated carbocycles. The highest BCUT2D eigenvalue weighted by molar-refractivity contribution is 7.25. The average molecular weight is 690 g/mol. The van der Waals surface area contributed by atoms with E-state index in [1.54, 1.807) is 36.4 Å². The number of para-hydroxylation sites is 2. The minimum atomic E-state index is -0.701. The van der Waals surface area contributed by atoms with Gasteiger partial charge in [-0.15, -0.1) is 11.3 Å². The van der Waals surface area contributed by atoms with Gasteiger partial charge in [-0.25, -0.2) is 15.0 Å². The van der Waals surface area contributed by atoms with Gasteiger partial charge < -0.3 is 8.83 Å². The molecule has 4 heterocycles. The lowest BCUT2D eigenvalue weighted by Crippen LogP contribution is -2.00. The normalized spacial score (nSPS) is 16.9. The fourth-order valence-corrected chi connectivity index (χ4v) is 7.32. The molecule has 0 radical (unpaired) electrons. The first-order valence-corrected chi connectivity index (χ1v) is 16.2. The number of rotatable bonds is 4. The van der Waals surface area contributed by atoms with Crippen LogP contribution < -0.4 is 0 Å². The zero-order valence-electron chi connectivity index (χ0n) is 43.6. The Balaban J connectivity index is 1.22. The first-order valence-electron chi connectivity index (χ1n) is 24.4. The highest BCUT2D eigenvalue weighted by Crippen LogP contribution is 2.44. The van der Waals surface area contributed by atoms with Gasteiger partial charge in [0.05, 0.1) is 24.7 Å². The van der Waals surface area contributed by atoms with Crippen molar-refractivity contribution < 1.29 is 33.5 Å². The first kappa shape index (κ1) is 15.9. The van der Waals surface area contributed by atoms with E-state index < -0.39 is 114 Å². The Hall–Kier alpha value is -6.63. The van der Waals surface area contributed by atoms with E-state index in [0.29, 0.717) is 10.8 Å². The quantitative estimate of drug-likeness (QED) is 0.184. The van der Waals surface area contributed by atoms with Crippen molar-refractivity contribution in [2.75, 3.05) is 0 Å². The van der Waals surface area contributed by atoms with E-state index in [9.17, 15) is 4.11 Å². The van der Waals surface area contributed by atoms with Gasteiger partial charge in [0.2, 0.25) is 0 Å². The van der Waals surface area contributed by atoms with Crippen LogP contribution in [-0.2, 0) is 0 Å². The molecule has 11 rings (SSSR count). The Bertz CT molecular complexity index is 4180. The van der Waals surface area contributed by atoms with Crippen LogP contribution in [0.25, 0.3) is 109 Å². The monoisotopic (exact) mass is 689 g/mol. The fourth-order valence-electron chi connectivity index (χ4n) is 6.35. The number of nitrogens with zero attached hydrogens (tertiary/aromatic N) is 3. The molecule has 0 amide bonds. The standard InChI is InChI=1S/C45H25N3O2S/c1-2-11-26(12-3-1)43-46-44(27-23-24-29-28-13-5-7-22-38(28)51-39(29)25-27)48-45(47-43)34-18-10-21-37-41(34)33-17-8-16-31(42(33)50-37)30-15-9-20-36-40(30)32-14-4-6-19-35(32)49-36/h1-25H/i1D,2D,3D,4D,5D,6D,7D,9D,11D,12D,13D,15D,19D,20D,22D,23D,24D,25D. The third-order valence-electron chi connectivity index (χ3n) is 8.52. The van der Waals surface area contributed by atoms with E-state index in [1.165, 1.54) is 6.07 Å². The Kier molecular flexibility index (Phi) is 3.42. The van der Waals surface area contributed by atoms with Crippen molar-refractivity contribution in [1.82, 2.24) is 15.0 Å². The summed E-state index contributed by atoms with van der Waals surface area (Å²) < 4.78 is 169. The molecule has 0 fully saturated rings. The van der Waals surface area contributed by atoms with Gasteiger partial charge in [0.1, 0.15) is 22.3 Å². The summed E-state index contributed by atoms with van der Waals surface area (Å²) in [4.78, 5) is 13.9. The molecule has 0 aliphatic carbocycles. The summed E-state index contributed by atoms with van der Waals surface area (Å²) >= 11 is 0.821. The number of hydrogen-bond acceptors (Lipinski definition) is 6. The van der Waals surface area contributed by atoms with Gasteiger partial charge in [-0.1, -0.05) is 121 Å². The molecular weight excluding hydrogens is 647 g/mol. The smallest absolute Gasteiger partial charge is 0.164 e. The van der Waals surface area contributed by atoms with Crippen LogP contribution in [0.5, 0.6) is 0 Å². The molecule has 4 aromatic heterocycles. The van der Waals surface area contributed by atoms with Crippen LogP contribution in [-0.4, -0.2) is 15.0 Å². The average Bonchev–Trinajstić information content (AvgIpc) is 4.05. The lowest BCUT2D eigenvalue weighted by atomic mass is 9.97. The molecule has 0 aliphatic rings. The number of benzene rings is 7. The van der Waals surface area contributed by atoms with Gasteiger partial charge in [0, 0.05) is 64.0 Å². The second-order valence-corrected chi connectivity index (χ2v) is 12.4. The van der Waals surface area contributed by atoms with Crippen LogP contribution in [0.3, 0.4) is 0 Å². The number of thiophene rings is 1. The molecule has 238 valence electrons.